The molecule has 0 saturated carbocycles. The molecule has 0 spiro atoms. The summed E-state index contributed by atoms with van der Waals surface area (Å²) in [5.74, 6) is -0.0949. The molecule has 1 aromatic heterocycles. The fourth-order valence-electron chi connectivity index (χ4n) is 2.72. The van der Waals surface area contributed by atoms with Crippen LogP contribution >= 0.6 is 0 Å². The molecule has 1 amide bonds. The van der Waals surface area contributed by atoms with Gasteiger partial charge in [-0.25, -0.2) is 9.97 Å². The molecule has 3 rings (SSSR count). The van der Waals surface area contributed by atoms with Crippen LogP contribution in [0.1, 0.15) is 21.7 Å². The minimum absolute atomic E-state index is 0.0193. The topological polar surface area (TPSA) is 75.6 Å². The molecule has 1 aliphatic heterocycles. The maximum absolute atomic E-state index is 12.8. The fourth-order valence-corrected chi connectivity index (χ4v) is 2.72. The third-order valence-electron chi connectivity index (χ3n) is 4.21. The fraction of sp³-hybridized carbons (Fsp3) is 0.471. The Hall–Kier alpha value is -2.05. The maximum atomic E-state index is 12.8. The van der Waals surface area contributed by atoms with Crippen LogP contribution in [0.15, 0.2) is 18.2 Å². The van der Waals surface area contributed by atoms with Gasteiger partial charge in [0.1, 0.15) is 0 Å². The molecule has 2 aromatic rings. The van der Waals surface area contributed by atoms with Crippen LogP contribution in [0.3, 0.4) is 0 Å². The van der Waals surface area contributed by atoms with Crippen LogP contribution in [0, 0.1) is 19.8 Å². The molecule has 6 heteroatoms. The molecule has 122 valence electrons. The summed E-state index contributed by atoms with van der Waals surface area (Å²) in [5.41, 5.74) is 3.87. The van der Waals surface area contributed by atoms with E-state index in [1.54, 1.807) is 17.0 Å². The average molecular weight is 315 g/mol. The van der Waals surface area contributed by atoms with Crippen LogP contribution < -0.4 is 0 Å². The van der Waals surface area contributed by atoms with E-state index < -0.39 is 0 Å². The highest BCUT2D eigenvalue weighted by molar-refractivity contribution is 5.97. The van der Waals surface area contributed by atoms with Gasteiger partial charge in [0.2, 0.25) is 0 Å². The van der Waals surface area contributed by atoms with Crippen molar-refractivity contribution in [1.82, 2.24) is 14.9 Å². The summed E-state index contributed by atoms with van der Waals surface area (Å²) >= 11 is 0. The zero-order valence-corrected chi connectivity index (χ0v) is 13.5. The van der Waals surface area contributed by atoms with Crippen LogP contribution in [0.2, 0.25) is 0 Å². The summed E-state index contributed by atoms with van der Waals surface area (Å²) in [6.07, 6.45) is 0. The number of aliphatic hydroxyl groups is 1. The minimum Gasteiger partial charge on any atom is -0.396 e. The van der Waals surface area contributed by atoms with Crippen molar-refractivity contribution in [2.24, 2.45) is 5.92 Å². The third kappa shape index (κ3) is 3.33. The first-order valence-electron chi connectivity index (χ1n) is 7.81. The number of carbonyl (C=O) groups excluding carboxylic acids is 1. The van der Waals surface area contributed by atoms with E-state index >= 15 is 0 Å². The number of ether oxygens (including phenoxy) is 1. The molecule has 1 fully saturated rings. The Morgan fingerprint density at radius 3 is 2.78 bits per heavy atom. The maximum Gasteiger partial charge on any atom is 0.254 e. The van der Waals surface area contributed by atoms with Crippen molar-refractivity contribution in [2.45, 2.75) is 13.8 Å². The zero-order valence-electron chi connectivity index (χ0n) is 13.5. The number of carbonyl (C=O) groups is 1. The summed E-state index contributed by atoms with van der Waals surface area (Å²) in [6.45, 7) is 5.88. The third-order valence-corrected chi connectivity index (χ3v) is 4.21. The van der Waals surface area contributed by atoms with Crippen LogP contribution in [-0.2, 0) is 4.74 Å². The Morgan fingerprint density at radius 1 is 1.30 bits per heavy atom. The molecule has 0 radical (unpaired) electrons. The smallest absolute Gasteiger partial charge is 0.254 e. The highest BCUT2D eigenvalue weighted by Crippen LogP contribution is 2.17. The van der Waals surface area contributed by atoms with Gasteiger partial charge in [0.15, 0.2) is 0 Å². The largest absolute Gasteiger partial charge is 0.396 e. The monoisotopic (exact) mass is 315 g/mol. The van der Waals surface area contributed by atoms with Crippen molar-refractivity contribution in [3.05, 3.63) is 35.2 Å². The lowest BCUT2D eigenvalue weighted by Crippen LogP contribution is -2.36. The van der Waals surface area contributed by atoms with Crippen molar-refractivity contribution in [1.29, 1.82) is 0 Å². The van der Waals surface area contributed by atoms with Gasteiger partial charge in [-0.2, -0.15) is 0 Å². The van der Waals surface area contributed by atoms with Crippen LogP contribution in [-0.4, -0.2) is 58.8 Å². The number of aromatic nitrogens is 2. The lowest BCUT2D eigenvalue weighted by atomic mass is 10.1. The zero-order chi connectivity index (χ0) is 16.4. The van der Waals surface area contributed by atoms with E-state index in [0.717, 1.165) is 22.4 Å². The Bertz CT molecular complexity index is 732. The Morgan fingerprint density at radius 2 is 2.04 bits per heavy atom. The van der Waals surface area contributed by atoms with E-state index in [2.05, 4.69) is 9.97 Å². The number of hydrogen-bond donors (Lipinski definition) is 1. The SMILES string of the molecule is Cc1nc2ccc(C(=O)N3CCOCC(CO)C3)cc2nc1C. The summed E-state index contributed by atoms with van der Waals surface area (Å²) in [5, 5.41) is 9.35. The number of nitrogens with zero attached hydrogens (tertiary/aromatic N) is 3. The molecule has 0 bridgehead atoms. The van der Waals surface area contributed by atoms with Crippen molar-refractivity contribution >= 4 is 16.9 Å². The molecule has 1 saturated heterocycles. The molecule has 1 aromatic carbocycles. The standard InChI is InChI=1S/C17H21N3O3/c1-11-12(2)19-16-7-14(3-4-15(16)18-11)17(22)20-5-6-23-10-13(8-20)9-21/h3-4,7,13,21H,5-6,8-10H2,1-2H3. The number of aryl methyl sites for hydroxylation is 2. The first-order chi connectivity index (χ1) is 11.1. The highest BCUT2D eigenvalue weighted by atomic mass is 16.5. The Labute approximate surface area is 135 Å². The van der Waals surface area contributed by atoms with Gasteiger partial charge >= 0.3 is 0 Å². The molecule has 0 aliphatic carbocycles. The van der Waals surface area contributed by atoms with Crippen molar-refractivity contribution in [3.63, 3.8) is 0 Å². The number of rotatable bonds is 2. The van der Waals surface area contributed by atoms with Crippen molar-refractivity contribution in [3.8, 4) is 0 Å². The second-order valence-corrected chi connectivity index (χ2v) is 5.97. The molecule has 23 heavy (non-hydrogen) atoms. The van der Waals surface area contributed by atoms with Gasteiger partial charge in [-0.1, -0.05) is 0 Å². The Balaban J connectivity index is 1.89. The van der Waals surface area contributed by atoms with E-state index in [1.807, 2.05) is 19.9 Å². The van der Waals surface area contributed by atoms with Gasteiger partial charge < -0.3 is 14.7 Å². The molecular formula is C17H21N3O3. The second-order valence-electron chi connectivity index (χ2n) is 5.97. The summed E-state index contributed by atoms with van der Waals surface area (Å²) < 4.78 is 5.44. The highest BCUT2D eigenvalue weighted by Gasteiger charge is 2.23. The summed E-state index contributed by atoms with van der Waals surface area (Å²) in [4.78, 5) is 23.5. The van der Waals surface area contributed by atoms with E-state index in [9.17, 15) is 9.90 Å². The van der Waals surface area contributed by atoms with E-state index in [0.29, 0.717) is 31.9 Å². The molecule has 1 atom stereocenters. The molecule has 1 aliphatic rings. The van der Waals surface area contributed by atoms with Crippen LogP contribution in [0.4, 0.5) is 0 Å². The van der Waals surface area contributed by atoms with Crippen LogP contribution in [0.25, 0.3) is 11.0 Å². The number of amides is 1. The van der Waals surface area contributed by atoms with Gasteiger partial charge in [-0.15, -0.1) is 0 Å². The average Bonchev–Trinajstić information content (AvgIpc) is 2.80. The van der Waals surface area contributed by atoms with Crippen molar-refractivity contribution < 1.29 is 14.6 Å². The van der Waals surface area contributed by atoms with Gasteiger partial charge in [0.25, 0.3) is 5.91 Å². The summed E-state index contributed by atoms with van der Waals surface area (Å²) in [7, 11) is 0. The van der Waals surface area contributed by atoms with E-state index in [1.165, 1.54) is 0 Å². The number of aliphatic hydroxyl groups excluding tert-OH is 1. The molecule has 6 nitrogen and oxygen atoms in total. The van der Waals surface area contributed by atoms with Gasteiger partial charge in [0, 0.05) is 31.2 Å². The van der Waals surface area contributed by atoms with Gasteiger partial charge in [0.05, 0.1) is 35.6 Å². The van der Waals surface area contributed by atoms with Gasteiger partial charge in [-0.05, 0) is 32.0 Å². The first kappa shape index (κ1) is 15.8. The lowest BCUT2D eigenvalue weighted by molar-refractivity contribution is 0.0728. The lowest BCUT2D eigenvalue weighted by Gasteiger charge is -2.22. The number of fused-ring (bicyclic) bond motifs is 1. The number of benzene rings is 1. The quantitative estimate of drug-likeness (QED) is 0.905. The van der Waals surface area contributed by atoms with Crippen LogP contribution in [0.5, 0.6) is 0 Å². The second kappa shape index (κ2) is 6.60. The van der Waals surface area contributed by atoms with Crippen molar-refractivity contribution in [2.75, 3.05) is 32.9 Å². The predicted octanol–water partition coefficient (Wildman–Crippen LogP) is 1.33. The molecule has 1 unspecified atom stereocenters. The number of hydrogen-bond acceptors (Lipinski definition) is 5. The molecule has 2 heterocycles. The molecule has 1 N–H and O–H groups in total. The first-order valence-corrected chi connectivity index (χ1v) is 7.81. The van der Waals surface area contributed by atoms with E-state index in [4.69, 9.17) is 4.74 Å². The van der Waals surface area contributed by atoms with E-state index in [-0.39, 0.29) is 18.4 Å². The van der Waals surface area contributed by atoms with Gasteiger partial charge in [-0.3, -0.25) is 4.79 Å². The minimum atomic E-state index is -0.0594. The molecular weight excluding hydrogens is 294 g/mol. The predicted molar refractivity (Wildman–Crippen MR) is 86.3 cm³/mol. The Kier molecular flexibility index (Phi) is 4.54. The normalized spacial score (nSPS) is 18.9. The summed E-state index contributed by atoms with van der Waals surface area (Å²) in [6, 6.07) is 5.41.